The lowest BCUT2D eigenvalue weighted by Gasteiger charge is -2.09. The van der Waals surface area contributed by atoms with Gasteiger partial charge >= 0.3 is 7.12 Å². The Hall–Kier alpha value is -1.50. The van der Waals surface area contributed by atoms with Gasteiger partial charge in [-0.15, -0.1) is 11.8 Å². The van der Waals surface area contributed by atoms with Crippen molar-refractivity contribution >= 4 is 24.3 Å². The first-order valence-corrected chi connectivity index (χ1v) is 7.24. The van der Waals surface area contributed by atoms with E-state index in [9.17, 15) is 4.39 Å². The van der Waals surface area contributed by atoms with Crippen LogP contribution in [0.2, 0.25) is 0 Å². The molecule has 0 unspecified atom stereocenters. The van der Waals surface area contributed by atoms with Gasteiger partial charge in [0, 0.05) is 10.5 Å². The zero-order valence-corrected chi connectivity index (χ0v) is 11.7. The van der Waals surface area contributed by atoms with E-state index >= 15 is 0 Å². The van der Waals surface area contributed by atoms with Crippen LogP contribution in [0.3, 0.4) is 0 Å². The van der Waals surface area contributed by atoms with Crippen molar-refractivity contribution < 1.29 is 19.2 Å². The van der Waals surface area contributed by atoms with E-state index < -0.39 is 12.9 Å². The van der Waals surface area contributed by atoms with Crippen LogP contribution in [-0.2, 0) is 6.61 Å². The van der Waals surface area contributed by atoms with Gasteiger partial charge in [0.05, 0.1) is 0 Å². The first-order valence-electron chi connectivity index (χ1n) is 6.01. The molecule has 0 aliphatic carbocycles. The normalized spacial score (nSPS) is 10.4. The zero-order chi connectivity index (χ0) is 14.5. The van der Waals surface area contributed by atoms with E-state index in [4.69, 9.17) is 14.8 Å². The van der Waals surface area contributed by atoms with Crippen molar-refractivity contribution in [2.75, 3.05) is 6.26 Å². The summed E-state index contributed by atoms with van der Waals surface area (Å²) in [5.41, 5.74) is 0.485. The van der Waals surface area contributed by atoms with Gasteiger partial charge in [0.15, 0.2) is 0 Å². The molecule has 0 spiro atoms. The second-order valence-electron chi connectivity index (χ2n) is 4.19. The summed E-state index contributed by atoms with van der Waals surface area (Å²) in [7, 11) is -1.67. The third kappa shape index (κ3) is 3.76. The fourth-order valence-corrected chi connectivity index (χ4v) is 2.08. The van der Waals surface area contributed by atoms with Crippen molar-refractivity contribution in [3.05, 3.63) is 53.8 Å². The molecular weight excluding hydrogens is 278 g/mol. The van der Waals surface area contributed by atoms with E-state index in [-0.39, 0.29) is 12.1 Å². The monoisotopic (exact) mass is 292 g/mol. The van der Waals surface area contributed by atoms with E-state index in [0.29, 0.717) is 11.3 Å². The van der Waals surface area contributed by atoms with Crippen LogP contribution in [0, 0.1) is 5.82 Å². The average Bonchev–Trinajstić information content (AvgIpc) is 2.46. The van der Waals surface area contributed by atoms with Gasteiger partial charge in [-0.25, -0.2) is 4.39 Å². The van der Waals surface area contributed by atoms with Crippen LogP contribution < -0.4 is 10.2 Å². The summed E-state index contributed by atoms with van der Waals surface area (Å²) in [6.45, 7) is 0.0895. The van der Waals surface area contributed by atoms with Crippen LogP contribution >= 0.6 is 11.8 Å². The summed E-state index contributed by atoms with van der Waals surface area (Å²) in [6.07, 6.45) is 1.99. The summed E-state index contributed by atoms with van der Waals surface area (Å²) < 4.78 is 19.2. The van der Waals surface area contributed by atoms with Gasteiger partial charge in [-0.05, 0) is 42.1 Å². The maximum atomic E-state index is 13.7. The molecule has 0 bridgehead atoms. The standard InChI is InChI=1S/C14H14BFO3S/c1-20-13-6-4-12(5-7-13)19-9-10-2-3-11(15(17)18)8-14(10)16/h2-8,17-18H,9H2,1H3. The number of halogens is 1. The maximum absolute atomic E-state index is 13.7. The lowest BCUT2D eigenvalue weighted by atomic mass is 9.80. The minimum absolute atomic E-state index is 0.0895. The Balaban J connectivity index is 2.03. The Kier molecular flexibility index (Phi) is 5.06. The van der Waals surface area contributed by atoms with Crippen LogP contribution in [0.4, 0.5) is 4.39 Å². The fraction of sp³-hybridized carbons (Fsp3) is 0.143. The van der Waals surface area contributed by atoms with Crippen LogP contribution in [0.5, 0.6) is 5.75 Å². The van der Waals surface area contributed by atoms with Gasteiger partial charge in [-0.1, -0.05) is 12.1 Å². The largest absolute Gasteiger partial charge is 0.489 e. The van der Waals surface area contributed by atoms with Crippen molar-refractivity contribution in [1.82, 2.24) is 0 Å². The van der Waals surface area contributed by atoms with E-state index in [0.717, 1.165) is 11.0 Å². The number of thioether (sulfide) groups is 1. The third-order valence-electron chi connectivity index (χ3n) is 2.83. The molecule has 0 radical (unpaired) electrons. The number of rotatable bonds is 5. The summed E-state index contributed by atoms with van der Waals surface area (Å²) >= 11 is 1.64. The summed E-state index contributed by atoms with van der Waals surface area (Å²) in [4.78, 5) is 1.13. The van der Waals surface area contributed by atoms with Gasteiger partial charge in [0.1, 0.15) is 18.2 Å². The van der Waals surface area contributed by atoms with E-state index in [1.165, 1.54) is 12.1 Å². The summed E-state index contributed by atoms with van der Waals surface area (Å²) in [6, 6.07) is 11.6. The van der Waals surface area contributed by atoms with Crippen LogP contribution in [-0.4, -0.2) is 23.4 Å². The Morgan fingerprint density at radius 2 is 1.85 bits per heavy atom. The minimum Gasteiger partial charge on any atom is -0.489 e. The van der Waals surface area contributed by atoms with Gasteiger partial charge in [0.25, 0.3) is 0 Å². The molecule has 0 saturated carbocycles. The predicted octanol–water partition coefficient (Wildman–Crippen LogP) is 1.81. The second-order valence-corrected chi connectivity index (χ2v) is 5.07. The molecule has 2 N–H and O–H groups in total. The van der Waals surface area contributed by atoms with Crippen LogP contribution in [0.15, 0.2) is 47.4 Å². The molecule has 3 nitrogen and oxygen atoms in total. The lowest BCUT2D eigenvalue weighted by molar-refractivity contribution is 0.299. The van der Waals surface area contributed by atoms with Crippen molar-refractivity contribution in [1.29, 1.82) is 0 Å². The third-order valence-corrected chi connectivity index (χ3v) is 3.57. The SMILES string of the molecule is CSc1ccc(OCc2ccc(B(O)O)cc2F)cc1. The van der Waals surface area contributed by atoms with Gasteiger partial charge in [-0.3, -0.25) is 0 Å². The number of ether oxygens (including phenoxy) is 1. The van der Waals surface area contributed by atoms with Crippen molar-refractivity contribution in [3.8, 4) is 5.75 Å². The molecule has 2 rings (SSSR count). The minimum atomic E-state index is -1.67. The maximum Gasteiger partial charge on any atom is 0.488 e. The molecule has 0 saturated heterocycles. The average molecular weight is 292 g/mol. The molecule has 0 heterocycles. The molecule has 20 heavy (non-hydrogen) atoms. The first-order chi connectivity index (χ1) is 9.60. The highest BCUT2D eigenvalue weighted by Crippen LogP contribution is 2.20. The predicted molar refractivity (Wildman–Crippen MR) is 78.8 cm³/mol. The van der Waals surface area contributed by atoms with E-state index in [1.807, 2.05) is 30.5 Å². The highest BCUT2D eigenvalue weighted by atomic mass is 32.2. The zero-order valence-electron chi connectivity index (χ0n) is 10.9. The van der Waals surface area contributed by atoms with Crippen molar-refractivity contribution in [2.24, 2.45) is 0 Å². The molecule has 0 aromatic heterocycles. The van der Waals surface area contributed by atoms with Crippen molar-refractivity contribution in [3.63, 3.8) is 0 Å². The molecule has 0 amide bonds. The van der Waals surface area contributed by atoms with Gasteiger partial charge in [0.2, 0.25) is 0 Å². The van der Waals surface area contributed by atoms with E-state index in [1.54, 1.807) is 11.8 Å². The quantitative estimate of drug-likeness (QED) is 0.652. The Bertz CT molecular complexity index is 575. The van der Waals surface area contributed by atoms with Crippen LogP contribution in [0.25, 0.3) is 0 Å². The van der Waals surface area contributed by atoms with E-state index in [2.05, 4.69) is 0 Å². The Labute approximate surface area is 121 Å². The number of hydrogen-bond donors (Lipinski definition) is 2. The highest BCUT2D eigenvalue weighted by molar-refractivity contribution is 7.98. The lowest BCUT2D eigenvalue weighted by Crippen LogP contribution is -2.30. The molecule has 2 aromatic carbocycles. The molecule has 104 valence electrons. The number of benzene rings is 2. The molecule has 6 heteroatoms. The summed E-state index contributed by atoms with van der Waals surface area (Å²) in [5.74, 6) is 0.143. The first kappa shape index (κ1) is 14.9. The molecule has 2 aromatic rings. The fourth-order valence-electron chi connectivity index (χ4n) is 1.67. The summed E-state index contributed by atoms with van der Waals surface area (Å²) in [5, 5.41) is 17.9. The molecular formula is C14H14BFO3S. The van der Waals surface area contributed by atoms with Gasteiger partial charge < -0.3 is 14.8 Å². The smallest absolute Gasteiger partial charge is 0.488 e. The highest BCUT2D eigenvalue weighted by Gasteiger charge is 2.13. The van der Waals surface area contributed by atoms with Crippen LogP contribution in [0.1, 0.15) is 5.56 Å². The molecule has 0 aliphatic rings. The van der Waals surface area contributed by atoms with Crippen molar-refractivity contribution in [2.45, 2.75) is 11.5 Å². The van der Waals surface area contributed by atoms with Gasteiger partial charge in [-0.2, -0.15) is 0 Å². The molecule has 0 aliphatic heterocycles. The Morgan fingerprint density at radius 3 is 2.40 bits per heavy atom. The Morgan fingerprint density at radius 1 is 1.15 bits per heavy atom. The molecule has 0 fully saturated rings. The molecule has 0 atom stereocenters. The topological polar surface area (TPSA) is 49.7 Å². The second kappa shape index (κ2) is 6.79. The number of hydrogen-bond acceptors (Lipinski definition) is 4.